The first-order chi connectivity index (χ1) is 10.7. The molecule has 0 bridgehead atoms. The van der Waals surface area contributed by atoms with Crippen molar-refractivity contribution < 1.29 is 14.6 Å². The van der Waals surface area contributed by atoms with Gasteiger partial charge in [0, 0.05) is 20.2 Å². The largest absolute Gasteiger partial charge is 0.445 e. The molecule has 1 amide bonds. The molecule has 0 radical (unpaired) electrons. The minimum Gasteiger partial charge on any atom is -0.445 e. The first-order valence-electron chi connectivity index (χ1n) is 8.21. The van der Waals surface area contributed by atoms with Crippen LogP contribution in [-0.2, 0) is 11.3 Å². The highest BCUT2D eigenvalue weighted by atomic mass is 16.6. The second-order valence-electron chi connectivity index (χ2n) is 6.32. The number of aliphatic hydroxyl groups is 1. The SMILES string of the molecule is CN(CCC1CCC(CO)CC1)C(=O)OCc1ccccc1. The molecular weight excluding hydrogens is 278 g/mol. The molecule has 0 unspecified atom stereocenters. The second kappa shape index (κ2) is 8.79. The van der Waals surface area contributed by atoms with E-state index in [4.69, 9.17) is 9.84 Å². The number of nitrogens with zero attached hydrogens (tertiary/aromatic N) is 1. The minimum absolute atomic E-state index is 0.257. The first-order valence-corrected chi connectivity index (χ1v) is 8.21. The summed E-state index contributed by atoms with van der Waals surface area (Å²) >= 11 is 0. The molecule has 1 aliphatic rings. The molecule has 1 aromatic carbocycles. The molecule has 4 nitrogen and oxygen atoms in total. The molecule has 2 rings (SSSR count). The fraction of sp³-hybridized carbons (Fsp3) is 0.611. The molecule has 0 atom stereocenters. The zero-order valence-electron chi connectivity index (χ0n) is 13.4. The number of benzene rings is 1. The van der Waals surface area contributed by atoms with Gasteiger partial charge in [-0.15, -0.1) is 0 Å². The van der Waals surface area contributed by atoms with Crippen LogP contribution in [0.5, 0.6) is 0 Å². The predicted octanol–water partition coefficient (Wildman–Crippen LogP) is 3.44. The number of amides is 1. The van der Waals surface area contributed by atoms with Gasteiger partial charge in [-0.1, -0.05) is 43.2 Å². The molecule has 1 aromatic rings. The number of aliphatic hydroxyl groups excluding tert-OH is 1. The Morgan fingerprint density at radius 1 is 1.18 bits per heavy atom. The van der Waals surface area contributed by atoms with Gasteiger partial charge in [0.2, 0.25) is 0 Å². The molecule has 0 spiro atoms. The van der Waals surface area contributed by atoms with Crippen molar-refractivity contribution in [3.63, 3.8) is 0 Å². The summed E-state index contributed by atoms with van der Waals surface area (Å²) < 4.78 is 5.32. The van der Waals surface area contributed by atoms with E-state index in [1.54, 1.807) is 11.9 Å². The van der Waals surface area contributed by atoms with Crippen LogP contribution in [0.4, 0.5) is 4.79 Å². The first kappa shape index (κ1) is 16.8. The van der Waals surface area contributed by atoms with E-state index in [0.717, 1.165) is 44.2 Å². The predicted molar refractivity (Wildman–Crippen MR) is 86.4 cm³/mol. The number of rotatable bonds is 6. The second-order valence-corrected chi connectivity index (χ2v) is 6.32. The number of carbonyl (C=O) groups excluding carboxylic acids is 1. The number of ether oxygens (including phenoxy) is 1. The van der Waals surface area contributed by atoms with Crippen molar-refractivity contribution in [3.8, 4) is 0 Å². The van der Waals surface area contributed by atoms with Crippen molar-refractivity contribution in [1.29, 1.82) is 0 Å². The van der Waals surface area contributed by atoms with Gasteiger partial charge in [-0.2, -0.15) is 0 Å². The van der Waals surface area contributed by atoms with Crippen LogP contribution < -0.4 is 0 Å². The molecule has 0 heterocycles. The van der Waals surface area contributed by atoms with Crippen LogP contribution in [0.3, 0.4) is 0 Å². The van der Waals surface area contributed by atoms with E-state index in [0.29, 0.717) is 25.0 Å². The van der Waals surface area contributed by atoms with Gasteiger partial charge in [0.15, 0.2) is 0 Å². The average molecular weight is 305 g/mol. The summed E-state index contributed by atoms with van der Waals surface area (Å²) in [5.74, 6) is 1.16. The normalized spacial score (nSPS) is 21.4. The average Bonchev–Trinajstić information content (AvgIpc) is 2.58. The van der Waals surface area contributed by atoms with Crippen LogP contribution in [-0.4, -0.2) is 36.3 Å². The fourth-order valence-corrected chi connectivity index (χ4v) is 3.00. The molecule has 0 saturated heterocycles. The van der Waals surface area contributed by atoms with E-state index in [2.05, 4.69) is 0 Å². The van der Waals surface area contributed by atoms with Gasteiger partial charge in [0.05, 0.1) is 0 Å². The van der Waals surface area contributed by atoms with Gasteiger partial charge in [-0.05, 0) is 36.7 Å². The Bertz CT molecular complexity index is 441. The maximum atomic E-state index is 12.0. The van der Waals surface area contributed by atoms with Gasteiger partial charge in [0.1, 0.15) is 6.61 Å². The zero-order valence-corrected chi connectivity index (χ0v) is 13.4. The lowest BCUT2D eigenvalue weighted by molar-refractivity contribution is 0.100. The Morgan fingerprint density at radius 2 is 1.82 bits per heavy atom. The van der Waals surface area contributed by atoms with E-state index in [-0.39, 0.29) is 6.09 Å². The third kappa shape index (κ3) is 5.34. The van der Waals surface area contributed by atoms with Crippen molar-refractivity contribution in [2.45, 2.75) is 38.7 Å². The molecule has 0 aliphatic heterocycles. The molecule has 122 valence electrons. The number of carbonyl (C=O) groups is 1. The summed E-state index contributed by atoms with van der Waals surface area (Å²) in [5.41, 5.74) is 1.01. The highest BCUT2D eigenvalue weighted by molar-refractivity contribution is 5.67. The fourth-order valence-electron chi connectivity index (χ4n) is 3.00. The quantitative estimate of drug-likeness (QED) is 0.876. The van der Waals surface area contributed by atoms with Gasteiger partial charge >= 0.3 is 6.09 Å². The topological polar surface area (TPSA) is 49.8 Å². The lowest BCUT2D eigenvalue weighted by Crippen LogP contribution is -2.30. The van der Waals surface area contributed by atoms with E-state index in [9.17, 15) is 4.79 Å². The highest BCUT2D eigenvalue weighted by Gasteiger charge is 2.21. The molecule has 4 heteroatoms. The standard InChI is InChI=1S/C18H27NO3/c1-19(12-11-15-7-9-16(13-20)10-8-15)18(21)22-14-17-5-3-2-4-6-17/h2-6,15-16,20H,7-14H2,1H3. The summed E-state index contributed by atoms with van der Waals surface area (Å²) in [6.07, 6.45) is 5.32. The lowest BCUT2D eigenvalue weighted by Gasteiger charge is -2.28. The third-order valence-electron chi connectivity index (χ3n) is 4.61. The van der Waals surface area contributed by atoms with E-state index >= 15 is 0 Å². The molecule has 1 fully saturated rings. The van der Waals surface area contributed by atoms with Crippen molar-refractivity contribution in [2.24, 2.45) is 11.8 Å². The van der Waals surface area contributed by atoms with Gasteiger partial charge in [-0.25, -0.2) is 4.79 Å². The van der Waals surface area contributed by atoms with E-state index < -0.39 is 0 Å². The van der Waals surface area contributed by atoms with Gasteiger partial charge in [0.25, 0.3) is 0 Å². The molecule has 22 heavy (non-hydrogen) atoms. The van der Waals surface area contributed by atoms with E-state index in [1.807, 2.05) is 30.3 Å². The Kier molecular flexibility index (Phi) is 6.72. The van der Waals surface area contributed by atoms with Crippen molar-refractivity contribution in [2.75, 3.05) is 20.2 Å². The Balaban J connectivity index is 1.64. The summed E-state index contributed by atoms with van der Waals surface area (Å²) in [7, 11) is 1.80. The summed E-state index contributed by atoms with van der Waals surface area (Å²) in [5, 5.41) is 9.15. The summed E-state index contributed by atoms with van der Waals surface area (Å²) in [6.45, 7) is 1.38. The minimum atomic E-state index is -0.257. The summed E-state index contributed by atoms with van der Waals surface area (Å²) in [4.78, 5) is 13.6. The molecule has 1 saturated carbocycles. The highest BCUT2D eigenvalue weighted by Crippen LogP contribution is 2.30. The smallest absolute Gasteiger partial charge is 0.409 e. The lowest BCUT2D eigenvalue weighted by atomic mass is 9.81. The van der Waals surface area contributed by atoms with Crippen LogP contribution in [0.1, 0.15) is 37.7 Å². The van der Waals surface area contributed by atoms with Crippen LogP contribution >= 0.6 is 0 Å². The van der Waals surface area contributed by atoms with Gasteiger partial charge < -0.3 is 14.7 Å². The molecular formula is C18H27NO3. The maximum absolute atomic E-state index is 12.0. The number of hydrogen-bond acceptors (Lipinski definition) is 3. The number of hydrogen-bond donors (Lipinski definition) is 1. The molecule has 1 N–H and O–H groups in total. The van der Waals surface area contributed by atoms with Crippen LogP contribution in [0.2, 0.25) is 0 Å². The zero-order chi connectivity index (χ0) is 15.8. The third-order valence-corrected chi connectivity index (χ3v) is 4.61. The van der Waals surface area contributed by atoms with Crippen molar-refractivity contribution in [3.05, 3.63) is 35.9 Å². The molecule has 0 aromatic heterocycles. The summed E-state index contributed by atoms with van der Waals surface area (Å²) in [6, 6.07) is 9.73. The molecule has 1 aliphatic carbocycles. The van der Waals surface area contributed by atoms with Gasteiger partial charge in [-0.3, -0.25) is 0 Å². The van der Waals surface area contributed by atoms with Crippen molar-refractivity contribution >= 4 is 6.09 Å². The Hall–Kier alpha value is -1.55. The van der Waals surface area contributed by atoms with E-state index in [1.165, 1.54) is 0 Å². The monoisotopic (exact) mass is 305 g/mol. The Morgan fingerprint density at radius 3 is 2.45 bits per heavy atom. The van der Waals surface area contributed by atoms with Crippen LogP contribution in [0, 0.1) is 11.8 Å². The van der Waals surface area contributed by atoms with Crippen LogP contribution in [0.25, 0.3) is 0 Å². The Labute approximate surface area is 133 Å². The van der Waals surface area contributed by atoms with Crippen molar-refractivity contribution in [1.82, 2.24) is 4.90 Å². The van der Waals surface area contributed by atoms with Crippen LogP contribution in [0.15, 0.2) is 30.3 Å². The maximum Gasteiger partial charge on any atom is 0.409 e.